The fourth-order valence-corrected chi connectivity index (χ4v) is 4.49. The van der Waals surface area contributed by atoms with Crippen LogP contribution in [0.5, 0.6) is 5.75 Å². The van der Waals surface area contributed by atoms with Gasteiger partial charge >= 0.3 is 0 Å². The van der Waals surface area contributed by atoms with Crippen LogP contribution in [0, 0.1) is 17.6 Å². The number of halogens is 2. The number of carbonyl (C=O) groups excluding carboxylic acids is 2. The van der Waals surface area contributed by atoms with E-state index in [9.17, 15) is 18.4 Å². The van der Waals surface area contributed by atoms with Crippen LogP contribution in [0.3, 0.4) is 0 Å². The molecule has 2 aliphatic rings. The number of methoxy groups -OCH3 is 1. The maximum atomic E-state index is 13.5. The Hall–Kier alpha value is -3.16. The van der Waals surface area contributed by atoms with Gasteiger partial charge in [-0.1, -0.05) is 12.1 Å². The van der Waals surface area contributed by atoms with Crippen molar-refractivity contribution < 1.29 is 23.1 Å². The van der Waals surface area contributed by atoms with Gasteiger partial charge in [0.15, 0.2) is 11.6 Å². The number of benzene rings is 2. The number of piperazine rings is 1. The first-order valence-electron chi connectivity index (χ1n) is 10.9. The zero-order valence-corrected chi connectivity index (χ0v) is 18.1. The molecule has 0 radical (unpaired) electrons. The summed E-state index contributed by atoms with van der Waals surface area (Å²) in [5, 5.41) is 0. The molecule has 0 aromatic heterocycles. The summed E-state index contributed by atoms with van der Waals surface area (Å²) >= 11 is 0. The van der Waals surface area contributed by atoms with Crippen molar-refractivity contribution in [1.82, 2.24) is 9.80 Å². The fraction of sp³-hybridized carbons (Fsp3) is 0.417. The molecule has 0 bridgehead atoms. The van der Waals surface area contributed by atoms with Crippen molar-refractivity contribution in [3.63, 3.8) is 0 Å². The minimum atomic E-state index is -1.05. The van der Waals surface area contributed by atoms with Crippen LogP contribution in [-0.2, 0) is 4.79 Å². The molecule has 32 heavy (non-hydrogen) atoms. The van der Waals surface area contributed by atoms with Gasteiger partial charge in [-0.2, -0.15) is 0 Å². The Bertz CT molecular complexity index is 992. The van der Waals surface area contributed by atoms with Crippen LogP contribution in [0.4, 0.5) is 14.5 Å². The summed E-state index contributed by atoms with van der Waals surface area (Å²) in [6, 6.07) is 11.0. The summed E-state index contributed by atoms with van der Waals surface area (Å²) in [4.78, 5) is 31.6. The Balaban J connectivity index is 1.36. The molecule has 0 saturated carbocycles. The van der Waals surface area contributed by atoms with Crippen molar-refractivity contribution in [3.05, 3.63) is 59.7 Å². The molecular formula is C24H27F2N3O3. The molecule has 2 aromatic carbocycles. The molecule has 0 N–H and O–H groups in total. The third-order valence-corrected chi connectivity index (χ3v) is 6.24. The van der Waals surface area contributed by atoms with Crippen molar-refractivity contribution in [3.8, 4) is 5.75 Å². The minimum Gasteiger partial charge on any atom is -0.495 e. The van der Waals surface area contributed by atoms with Crippen molar-refractivity contribution in [2.75, 3.05) is 51.3 Å². The number of para-hydroxylation sites is 2. The Morgan fingerprint density at radius 3 is 2.41 bits per heavy atom. The molecule has 6 nitrogen and oxygen atoms in total. The normalized spacial score (nSPS) is 19.1. The molecule has 8 heteroatoms. The monoisotopic (exact) mass is 443 g/mol. The van der Waals surface area contributed by atoms with Crippen LogP contribution < -0.4 is 9.64 Å². The molecule has 2 aromatic rings. The van der Waals surface area contributed by atoms with E-state index in [2.05, 4.69) is 4.90 Å². The van der Waals surface area contributed by atoms with Gasteiger partial charge in [-0.25, -0.2) is 8.78 Å². The van der Waals surface area contributed by atoms with E-state index in [1.165, 1.54) is 6.07 Å². The third kappa shape index (κ3) is 4.54. The number of hydrogen-bond acceptors (Lipinski definition) is 4. The van der Waals surface area contributed by atoms with E-state index in [1.807, 2.05) is 29.2 Å². The number of hydrogen-bond donors (Lipinski definition) is 0. The number of anilines is 1. The van der Waals surface area contributed by atoms with Gasteiger partial charge in [-0.3, -0.25) is 9.59 Å². The van der Waals surface area contributed by atoms with Crippen LogP contribution in [0.1, 0.15) is 23.2 Å². The largest absolute Gasteiger partial charge is 0.495 e. The van der Waals surface area contributed by atoms with Crippen LogP contribution in [0.2, 0.25) is 0 Å². The summed E-state index contributed by atoms with van der Waals surface area (Å²) < 4.78 is 32.2. The van der Waals surface area contributed by atoms with E-state index in [4.69, 9.17) is 4.74 Å². The van der Waals surface area contributed by atoms with Gasteiger partial charge in [-0.15, -0.1) is 0 Å². The van der Waals surface area contributed by atoms with Crippen LogP contribution in [0.15, 0.2) is 42.5 Å². The maximum Gasteiger partial charge on any atom is 0.253 e. The molecule has 0 spiro atoms. The number of amides is 2. The van der Waals surface area contributed by atoms with Gasteiger partial charge in [0.25, 0.3) is 5.91 Å². The standard InChI is InChI=1S/C24H27F2N3O3/c1-32-22-7-3-2-6-21(22)27-11-13-28(14-12-27)24(31)18-5-4-10-29(16-18)23(30)17-8-9-19(25)20(26)15-17/h2-3,6-9,15,18H,4-5,10-14,16H2,1H3. The second-order valence-electron chi connectivity index (χ2n) is 8.20. The Kier molecular flexibility index (Phi) is 6.58. The lowest BCUT2D eigenvalue weighted by atomic mass is 9.95. The highest BCUT2D eigenvalue weighted by Crippen LogP contribution is 2.29. The Labute approximate surface area is 186 Å². The van der Waals surface area contributed by atoms with E-state index < -0.39 is 11.6 Å². The topological polar surface area (TPSA) is 53.1 Å². The third-order valence-electron chi connectivity index (χ3n) is 6.24. The second-order valence-corrected chi connectivity index (χ2v) is 8.20. The average molecular weight is 443 g/mol. The van der Waals surface area contributed by atoms with Gasteiger partial charge in [0.05, 0.1) is 18.7 Å². The van der Waals surface area contributed by atoms with E-state index in [0.717, 1.165) is 23.6 Å². The van der Waals surface area contributed by atoms with Crippen molar-refractivity contribution >= 4 is 17.5 Å². The van der Waals surface area contributed by atoms with Gasteiger partial charge in [-0.05, 0) is 43.2 Å². The first-order chi connectivity index (χ1) is 15.5. The van der Waals surface area contributed by atoms with Gasteiger partial charge < -0.3 is 19.4 Å². The van der Waals surface area contributed by atoms with Crippen LogP contribution in [-0.4, -0.2) is 68.0 Å². The highest BCUT2D eigenvalue weighted by atomic mass is 19.2. The molecular weight excluding hydrogens is 416 g/mol. The van der Waals surface area contributed by atoms with Crippen LogP contribution in [0.25, 0.3) is 0 Å². The van der Waals surface area contributed by atoms with Crippen LogP contribution >= 0.6 is 0 Å². The highest BCUT2D eigenvalue weighted by Gasteiger charge is 2.33. The van der Waals surface area contributed by atoms with E-state index >= 15 is 0 Å². The number of ether oxygens (including phenoxy) is 1. The van der Waals surface area contributed by atoms with E-state index in [1.54, 1.807) is 12.0 Å². The van der Waals surface area contributed by atoms with E-state index in [0.29, 0.717) is 52.1 Å². The number of carbonyl (C=O) groups is 2. The number of nitrogens with zero attached hydrogens (tertiary/aromatic N) is 3. The molecule has 2 amide bonds. The second kappa shape index (κ2) is 9.54. The highest BCUT2D eigenvalue weighted by molar-refractivity contribution is 5.94. The zero-order valence-electron chi connectivity index (χ0n) is 18.1. The summed E-state index contributed by atoms with van der Waals surface area (Å²) in [5.41, 5.74) is 1.12. The summed E-state index contributed by atoms with van der Waals surface area (Å²) in [7, 11) is 1.65. The molecule has 1 unspecified atom stereocenters. The molecule has 2 heterocycles. The minimum absolute atomic E-state index is 0.0486. The van der Waals surface area contributed by atoms with Gasteiger partial charge in [0, 0.05) is 44.8 Å². The number of piperidine rings is 1. The van der Waals surface area contributed by atoms with Crippen molar-refractivity contribution in [2.24, 2.45) is 5.92 Å². The average Bonchev–Trinajstić information content (AvgIpc) is 2.85. The fourth-order valence-electron chi connectivity index (χ4n) is 4.49. The van der Waals surface area contributed by atoms with Crippen molar-refractivity contribution in [1.29, 1.82) is 0 Å². The predicted molar refractivity (Wildman–Crippen MR) is 117 cm³/mol. The quantitative estimate of drug-likeness (QED) is 0.729. The molecule has 1 atom stereocenters. The molecule has 0 aliphatic carbocycles. The molecule has 2 aliphatic heterocycles. The van der Waals surface area contributed by atoms with Crippen molar-refractivity contribution in [2.45, 2.75) is 12.8 Å². The molecule has 4 rings (SSSR count). The molecule has 2 saturated heterocycles. The zero-order chi connectivity index (χ0) is 22.7. The summed E-state index contributed by atoms with van der Waals surface area (Å²) in [6.07, 6.45) is 1.42. The maximum absolute atomic E-state index is 13.5. The molecule has 170 valence electrons. The first kappa shape index (κ1) is 22.0. The van der Waals surface area contributed by atoms with Gasteiger partial charge in [0.1, 0.15) is 5.75 Å². The summed E-state index contributed by atoms with van der Waals surface area (Å²) in [6.45, 7) is 3.41. The molecule has 2 fully saturated rings. The summed E-state index contributed by atoms with van der Waals surface area (Å²) in [5.74, 6) is -1.83. The smallest absolute Gasteiger partial charge is 0.253 e. The first-order valence-corrected chi connectivity index (χ1v) is 10.9. The lowest BCUT2D eigenvalue weighted by molar-refractivity contribution is -0.137. The lowest BCUT2D eigenvalue weighted by Gasteiger charge is -2.40. The predicted octanol–water partition coefficient (Wildman–Crippen LogP) is 3.17. The SMILES string of the molecule is COc1ccccc1N1CCN(C(=O)C2CCCN(C(=O)c3ccc(F)c(F)c3)C2)CC1. The van der Waals surface area contributed by atoms with E-state index in [-0.39, 0.29) is 23.3 Å². The number of likely N-dealkylation sites (tertiary alicyclic amines) is 1. The Morgan fingerprint density at radius 1 is 0.938 bits per heavy atom. The Morgan fingerprint density at radius 2 is 1.69 bits per heavy atom. The van der Waals surface area contributed by atoms with Gasteiger partial charge in [0.2, 0.25) is 5.91 Å². The number of rotatable bonds is 4. The lowest BCUT2D eigenvalue weighted by Crippen LogP contribution is -2.53.